The van der Waals surface area contributed by atoms with Crippen molar-refractivity contribution < 1.29 is 52.2 Å². The van der Waals surface area contributed by atoms with Crippen LogP contribution in [0.15, 0.2) is 109 Å². The number of allylic oxidation sites excluding steroid dienone is 18. The highest BCUT2D eigenvalue weighted by Gasteiger charge is 2.28. The van der Waals surface area contributed by atoms with E-state index in [1.54, 1.807) is 0 Å². The molecular formula is C62H103O11P. The quantitative estimate of drug-likeness (QED) is 0.0197. The van der Waals surface area contributed by atoms with Crippen LogP contribution in [-0.2, 0) is 42.2 Å². The van der Waals surface area contributed by atoms with Crippen LogP contribution in [0.3, 0.4) is 0 Å². The van der Waals surface area contributed by atoms with Gasteiger partial charge in [0.15, 0.2) is 6.10 Å². The van der Waals surface area contributed by atoms with E-state index in [1.807, 2.05) is 0 Å². The second-order valence-electron chi connectivity index (χ2n) is 18.7. The van der Waals surface area contributed by atoms with Crippen LogP contribution in [0.5, 0.6) is 0 Å². The van der Waals surface area contributed by atoms with Gasteiger partial charge in [-0.3, -0.25) is 23.4 Å². The SMILES string of the molecule is CC/C=C\C/C=C\C/C=C\C/C=C\CCCCCCCCC(=O)OC(COC(=O)CCCCCCC/C=C\C/C=C\CCCCC)COP(=O)(O)OCC(CO)OC(=O)CCCCC/C=C\C/C=C\C/C=C\CC. The Bertz CT molecular complexity index is 1660. The molecule has 0 aliphatic carbocycles. The number of phosphoric acid groups is 1. The number of hydrogen-bond acceptors (Lipinski definition) is 10. The molecule has 3 atom stereocenters. The summed E-state index contributed by atoms with van der Waals surface area (Å²) in [6.45, 7) is 4.31. The van der Waals surface area contributed by atoms with Gasteiger partial charge in [0, 0.05) is 19.3 Å². The molecule has 0 radical (unpaired) electrons. The van der Waals surface area contributed by atoms with Crippen LogP contribution in [0.2, 0.25) is 0 Å². The van der Waals surface area contributed by atoms with Crippen LogP contribution < -0.4 is 0 Å². The van der Waals surface area contributed by atoms with Gasteiger partial charge in [-0.1, -0.05) is 194 Å². The van der Waals surface area contributed by atoms with Gasteiger partial charge >= 0.3 is 25.7 Å². The highest BCUT2D eigenvalue weighted by atomic mass is 31.2. The minimum Gasteiger partial charge on any atom is -0.462 e. The van der Waals surface area contributed by atoms with Crippen molar-refractivity contribution in [2.75, 3.05) is 26.4 Å². The van der Waals surface area contributed by atoms with Crippen LogP contribution in [0, 0.1) is 0 Å². The van der Waals surface area contributed by atoms with Crippen LogP contribution in [0.4, 0.5) is 0 Å². The van der Waals surface area contributed by atoms with E-state index in [-0.39, 0.29) is 25.9 Å². The van der Waals surface area contributed by atoms with Gasteiger partial charge in [0.25, 0.3) is 0 Å². The van der Waals surface area contributed by atoms with E-state index in [9.17, 15) is 28.9 Å². The van der Waals surface area contributed by atoms with E-state index in [0.717, 1.165) is 148 Å². The average Bonchev–Trinajstić information content (AvgIpc) is 3.39. The average molecular weight is 1060 g/mol. The second-order valence-corrected chi connectivity index (χ2v) is 20.1. The lowest BCUT2D eigenvalue weighted by Crippen LogP contribution is -2.30. The van der Waals surface area contributed by atoms with Crippen LogP contribution in [0.25, 0.3) is 0 Å². The summed E-state index contributed by atoms with van der Waals surface area (Å²) in [4.78, 5) is 48.5. The predicted molar refractivity (Wildman–Crippen MR) is 307 cm³/mol. The maximum atomic E-state index is 12.9. The van der Waals surface area contributed by atoms with Crippen molar-refractivity contribution in [3.05, 3.63) is 109 Å². The molecule has 3 unspecified atom stereocenters. The van der Waals surface area contributed by atoms with E-state index in [1.165, 1.54) is 19.3 Å². The van der Waals surface area contributed by atoms with Crippen LogP contribution in [-0.4, -0.2) is 66.5 Å². The molecule has 2 N–H and O–H groups in total. The fourth-order valence-corrected chi connectivity index (χ4v) is 8.12. The molecule has 0 fully saturated rings. The van der Waals surface area contributed by atoms with Gasteiger partial charge in [-0.15, -0.1) is 0 Å². The molecule has 0 aliphatic rings. The molecule has 0 rings (SSSR count). The third kappa shape index (κ3) is 53.0. The monoisotopic (exact) mass is 1050 g/mol. The fourth-order valence-electron chi connectivity index (χ4n) is 7.33. The van der Waals surface area contributed by atoms with E-state index < -0.39 is 57.8 Å². The van der Waals surface area contributed by atoms with E-state index in [2.05, 4.69) is 130 Å². The maximum Gasteiger partial charge on any atom is 0.472 e. The summed E-state index contributed by atoms with van der Waals surface area (Å²) >= 11 is 0. The summed E-state index contributed by atoms with van der Waals surface area (Å²) in [5.41, 5.74) is 0. The number of hydrogen-bond donors (Lipinski definition) is 2. The van der Waals surface area contributed by atoms with Gasteiger partial charge in [-0.25, -0.2) is 4.57 Å². The first kappa shape index (κ1) is 70.1. The van der Waals surface area contributed by atoms with Crippen molar-refractivity contribution in [1.29, 1.82) is 0 Å². The summed E-state index contributed by atoms with van der Waals surface area (Å²) in [6.07, 6.45) is 66.2. The van der Waals surface area contributed by atoms with Crippen molar-refractivity contribution >= 4 is 25.7 Å². The molecule has 12 heteroatoms. The topological polar surface area (TPSA) is 155 Å². The largest absolute Gasteiger partial charge is 0.472 e. The van der Waals surface area contributed by atoms with Crippen molar-refractivity contribution in [1.82, 2.24) is 0 Å². The molecule has 11 nitrogen and oxygen atoms in total. The zero-order valence-electron chi connectivity index (χ0n) is 46.5. The number of ether oxygens (including phenoxy) is 3. The number of rotatable bonds is 52. The Kier molecular flexibility index (Phi) is 52.5. The molecule has 0 aromatic heterocycles. The third-order valence-corrected chi connectivity index (χ3v) is 12.6. The maximum absolute atomic E-state index is 12.9. The second kappa shape index (κ2) is 55.4. The minimum atomic E-state index is -4.77. The standard InChI is InChI=1S/C62H103O11P/c1-4-7-10-13-16-19-22-25-27-28-29-30-32-35-38-41-44-47-50-53-62(66)73-59(55-69-60(64)51-48-45-42-39-36-34-31-26-23-20-17-14-11-8-5-2)57-71-74(67,68)70-56-58(54-63)72-61(65)52-49-46-43-40-37-33-24-21-18-15-12-9-6-3/h7,9-10,12,16-21,25-27,29-31,33,37,58-59,63H,4-6,8,11,13-15,22-24,28,32,34-36,38-57H2,1-3H3,(H,67,68)/b10-7-,12-9-,19-16-,20-17-,21-18-,27-25-,30-29-,31-26-,37-33-. The minimum absolute atomic E-state index is 0.135. The molecule has 0 bridgehead atoms. The van der Waals surface area contributed by atoms with E-state index in [4.69, 9.17) is 23.3 Å². The lowest BCUT2D eigenvalue weighted by Gasteiger charge is -2.21. The Morgan fingerprint density at radius 1 is 0.392 bits per heavy atom. The Morgan fingerprint density at radius 3 is 1.09 bits per heavy atom. The summed E-state index contributed by atoms with van der Waals surface area (Å²) in [7, 11) is -4.77. The summed E-state index contributed by atoms with van der Waals surface area (Å²) in [5.74, 6) is -1.54. The number of phosphoric ester groups is 1. The van der Waals surface area contributed by atoms with Crippen molar-refractivity contribution in [3.8, 4) is 0 Å². The number of aliphatic hydroxyl groups is 1. The molecule has 0 saturated heterocycles. The number of unbranched alkanes of at least 4 members (excludes halogenated alkanes) is 17. The third-order valence-electron chi connectivity index (χ3n) is 11.7. The summed E-state index contributed by atoms with van der Waals surface area (Å²) < 4.78 is 39.5. The molecule has 0 aliphatic heterocycles. The zero-order valence-corrected chi connectivity index (χ0v) is 47.4. The summed E-state index contributed by atoms with van der Waals surface area (Å²) in [6, 6.07) is 0. The number of esters is 3. The van der Waals surface area contributed by atoms with Crippen molar-refractivity contribution in [2.24, 2.45) is 0 Å². The first-order valence-electron chi connectivity index (χ1n) is 28.8. The number of carbonyl (C=O) groups is 3. The highest BCUT2D eigenvalue weighted by Crippen LogP contribution is 2.43. The van der Waals surface area contributed by atoms with Gasteiger partial charge in [0.2, 0.25) is 0 Å². The van der Waals surface area contributed by atoms with Crippen molar-refractivity contribution in [3.63, 3.8) is 0 Å². The highest BCUT2D eigenvalue weighted by molar-refractivity contribution is 7.47. The Morgan fingerprint density at radius 2 is 0.703 bits per heavy atom. The fraction of sp³-hybridized carbons (Fsp3) is 0.661. The Balaban J connectivity index is 4.81. The number of aliphatic hydroxyl groups excluding tert-OH is 1. The van der Waals surface area contributed by atoms with Crippen LogP contribution >= 0.6 is 7.82 Å². The normalized spacial score (nSPS) is 14.2. The summed E-state index contributed by atoms with van der Waals surface area (Å²) in [5, 5.41) is 9.80. The molecule has 422 valence electrons. The first-order valence-corrected chi connectivity index (χ1v) is 30.3. The molecule has 0 saturated carbocycles. The van der Waals surface area contributed by atoms with Gasteiger partial charge in [0.05, 0.1) is 19.8 Å². The Labute approximate surface area is 450 Å². The lowest BCUT2D eigenvalue weighted by molar-refractivity contribution is -0.161. The van der Waals surface area contributed by atoms with Gasteiger partial charge < -0.3 is 24.2 Å². The van der Waals surface area contributed by atoms with Gasteiger partial charge in [-0.05, 0) is 122 Å². The smallest absolute Gasteiger partial charge is 0.462 e. The van der Waals surface area contributed by atoms with Gasteiger partial charge in [-0.2, -0.15) is 0 Å². The number of carbonyl (C=O) groups excluding carboxylic acids is 3. The molecular weight excluding hydrogens is 952 g/mol. The van der Waals surface area contributed by atoms with E-state index >= 15 is 0 Å². The first-order chi connectivity index (χ1) is 36.2. The van der Waals surface area contributed by atoms with Crippen molar-refractivity contribution in [2.45, 2.75) is 238 Å². The Hall–Kier alpha value is -3.86. The molecule has 74 heavy (non-hydrogen) atoms. The molecule has 0 spiro atoms. The zero-order chi connectivity index (χ0) is 54.1. The lowest BCUT2D eigenvalue weighted by atomic mass is 10.1. The van der Waals surface area contributed by atoms with Gasteiger partial charge in [0.1, 0.15) is 12.7 Å². The molecule has 0 amide bonds. The van der Waals surface area contributed by atoms with E-state index in [0.29, 0.717) is 19.3 Å². The molecule has 0 aromatic carbocycles. The molecule has 0 heterocycles. The predicted octanol–water partition coefficient (Wildman–Crippen LogP) is 17.0. The molecule has 0 aromatic rings. The van der Waals surface area contributed by atoms with Crippen LogP contribution in [0.1, 0.15) is 226 Å².